The number of nitrogens with zero attached hydrogens (tertiary/aromatic N) is 3. The highest BCUT2D eigenvalue weighted by molar-refractivity contribution is 6.06. The lowest BCUT2D eigenvalue weighted by Crippen LogP contribution is -2.45. The average Bonchev–Trinajstić information content (AvgIpc) is 3.00. The largest absolute Gasteiger partial charge is 0.405 e. The van der Waals surface area contributed by atoms with Gasteiger partial charge in [0.1, 0.15) is 6.54 Å². The number of halogens is 3. The molecular weight excluding hydrogens is 585 g/mol. The number of carbonyl (C=O) groups is 2. The summed E-state index contributed by atoms with van der Waals surface area (Å²) >= 11 is 0. The summed E-state index contributed by atoms with van der Waals surface area (Å²) in [4.78, 5) is 34.0. The number of ether oxygens (including phenoxy) is 2. The zero-order valence-electron chi connectivity index (χ0n) is 26.1. The van der Waals surface area contributed by atoms with Crippen LogP contribution in [0.5, 0.6) is 0 Å². The van der Waals surface area contributed by atoms with Crippen LogP contribution in [0.1, 0.15) is 48.2 Å². The zero-order chi connectivity index (χ0) is 32.1. The number of carbonyl (C=O) groups excluding carboxylic acids is 2. The van der Waals surface area contributed by atoms with Crippen molar-refractivity contribution in [3.05, 3.63) is 64.7 Å². The molecule has 2 fully saturated rings. The number of rotatable bonds is 9. The molecule has 0 spiro atoms. The Bertz CT molecular complexity index is 1440. The number of aliphatic imine (C=N–C) groups is 1. The van der Waals surface area contributed by atoms with Gasteiger partial charge < -0.3 is 19.7 Å². The van der Waals surface area contributed by atoms with E-state index in [2.05, 4.69) is 15.2 Å². The maximum absolute atomic E-state index is 14.0. The van der Waals surface area contributed by atoms with Gasteiger partial charge in [-0.25, -0.2) is 4.99 Å². The first-order valence-corrected chi connectivity index (χ1v) is 15.5. The molecule has 0 radical (unpaired) electrons. The second-order valence-corrected chi connectivity index (χ2v) is 12.1. The molecule has 3 heterocycles. The lowest BCUT2D eigenvalue weighted by molar-refractivity contribution is -0.122. The number of allylic oxidation sites excluding steroid dienone is 1. The summed E-state index contributed by atoms with van der Waals surface area (Å²) in [7, 11) is 0. The van der Waals surface area contributed by atoms with Gasteiger partial charge in [-0.15, -0.1) is 0 Å². The number of benzene rings is 2. The molecule has 0 bridgehead atoms. The third-order valence-corrected chi connectivity index (χ3v) is 8.75. The first-order valence-electron chi connectivity index (χ1n) is 15.5. The molecule has 0 aliphatic carbocycles. The van der Waals surface area contributed by atoms with Gasteiger partial charge in [-0.2, -0.15) is 13.2 Å². The van der Waals surface area contributed by atoms with E-state index >= 15 is 0 Å². The smallest absolute Gasteiger partial charge is 0.381 e. The Kier molecular flexibility index (Phi) is 10.4. The number of amides is 2. The normalized spacial score (nSPS) is 20.0. The highest BCUT2D eigenvalue weighted by Crippen LogP contribution is 2.36. The molecule has 242 valence electrons. The molecule has 3 aliphatic rings. The van der Waals surface area contributed by atoms with Crippen molar-refractivity contribution in [2.75, 3.05) is 57.5 Å². The van der Waals surface area contributed by atoms with Crippen molar-refractivity contribution < 1.29 is 32.2 Å². The van der Waals surface area contributed by atoms with Gasteiger partial charge in [-0.05, 0) is 74.1 Å². The van der Waals surface area contributed by atoms with Gasteiger partial charge in [0.05, 0.1) is 19.1 Å². The molecule has 2 aromatic carbocycles. The summed E-state index contributed by atoms with van der Waals surface area (Å²) in [6, 6.07) is 11.0. The van der Waals surface area contributed by atoms with E-state index in [0.717, 1.165) is 36.3 Å². The number of morpholine rings is 1. The Labute approximate surface area is 262 Å². The summed E-state index contributed by atoms with van der Waals surface area (Å²) in [5, 5.41) is 2.87. The third kappa shape index (κ3) is 8.39. The lowest BCUT2D eigenvalue weighted by Gasteiger charge is -2.38. The van der Waals surface area contributed by atoms with Crippen LogP contribution in [0.2, 0.25) is 0 Å². The molecule has 0 aromatic heterocycles. The van der Waals surface area contributed by atoms with Crippen LogP contribution >= 0.6 is 0 Å². The number of anilines is 1. The Morgan fingerprint density at radius 1 is 1.00 bits per heavy atom. The second kappa shape index (κ2) is 14.3. The maximum atomic E-state index is 14.0. The van der Waals surface area contributed by atoms with Crippen LogP contribution in [-0.4, -0.2) is 87.3 Å². The second-order valence-electron chi connectivity index (χ2n) is 12.1. The average molecular weight is 627 g/mol. The van der Waals surface area contributed by atoms with E-state index in [1.807, 2.05) is 37.3 Å². The van der Waals surface area contributed by atoms with E-state index in [0.29, 0.717) is 61.8 Å². The summed E-state index contributed by atoms with van der Waals surface area (Å²) < 4.78 is 52.9. The molecule has 8 nitrogen and oxygen atoms in total. The maximum Gasteiger partial charge on any atom is 0.405 e. The Balaban J connectivity index is 1.49. The van der Waals surface area contributed by atoms with Crippen LogP contribution in [0.4, 0.5) is 18.9 Å². The van der Waals surface area contributed by atoms with Crippen molar-refractivity contribution in [1.29, 1.82) is 0 Å². The highest BCUT2D eigenvalue weighted by atomic mass is 19.4. The van der Waals surface area contributed by atoms with Crippen LogP contribution in [0.25, 0.3) is 11.1 Å². The van der Waals surface area contributed by atoms with Gasteiger partial charge in [-0.1, -0.05) is 29.8 Å². The number of hydrogen-bond donors (Lipinski definition) is 1. The minimum absolute atomic E-state index is 0.0399. The molecule has 1 unspecified atom stereocenters. The monoisotopic (exact) mass is 626 g/mol. The topological polar surface area (TPSA) is 83.5 Å². The fourth-order valence-corrected chi connectivity index (χ4v) is 6.27. The predicted octanol–water partition coefficient (Wildman–Crippen LogP) is 5.34. The molecule has 5 rings (SSSR count). The van der Waals surface area contributed by atoms with Crippen molar-refractivity contribution in [3.63, 3.8) is 0 Å². The van der Waals surface area contributed by atoms with Gasteiger partial charge in [-0.3, -0.25) is 14.5 Å². The molecule has 2 aromatic rings. The molecule has 45 heavy (non-hydrogen) atoms. The van der Waals surface area contributed by atoms with Crippen LogP contribution in [-0.2, 0) is 20.8 Å². The third-order valence-electron chi connectivity index (χ3n) is 8.75. The SMILES string of the molecule is CC1=CC(C)=NC(=O)C1CNC(=O)c1cc(-c2ccc(CN3CCOCC3)cc2)cc(N(CC(F)(F)F)C2CCOCC2)c1C. The van der Waals surface area contributed by atoms with E-state index in [9.17, 15) is 22.8 Å². The molecule has 11 heteroatoms. The van der Waals surface area contributed by atoms with Crippen LogP contribution in [0.15, 0.2) is 53.0 Å². The van der Waals surface area contributed by atoms with Crippen molar-refractivity contribution in [3.8, 4) is 11.1 Å². The van der Waals surface area contributed by atoms with Gasteiger partial charge in [0.2, 0.25) is 0 Å². The molecule has 1 atom stereocenters. The minimum atomic E-state index is -4.45. The fourth-order valence-electron chi connectivity index (χ4n) is 6.27. The lowest BCUT2D eigenvalue weighted by atomic mass is 9.93. The van der Waals surface area contributed by atoms with Gasteiger partial charge >= 0.3 is 6.18 Å². The van der Waals surface area contributed by atoms with Crippen molar-refractivity contribution in [1.82, 2.24) is 10.2 Å². The highest BCUT2D eigenvalue weighted by Gasteiger charge is 2.36. The standard InChI is InChI=1S/C34H41F3N4O4/c1-22-16-23(2)39-33(43)30(22)19-38-32(42)29-17-27(26-6-4-25(5-7-26)20-40-10-14-45-15-11-40)18-31(24(29)3)41(21-34(35,36)37)28-8-12-44-13-9-28/h4-7,16-18,28,30H,8-15,19-21H2,1-3H3,(H,38,42). The Morgan fingerprint density at radius 3 is 2.31 bits per heavy atom. The first-order chi connectivity index (χ1) is 21.5. The molecule has 3 aliphatic heterocycles. The van der Waals surface area contributed by atoms with Gasteiger partial charge in [0.25, 0.3) is 11.8 Å². The van der Waals surface area contributed by atoms with E-state index in [1.165, 1.54) is 4.90 Å². The molecular formula is C34H41F3N4O4. The molecule has 2 amide bonds. The van der Waals surface area contributed by atoms with Crippen molar-refractivity contribution in [2.24, 2.45) is 10.9 Å². The van der Waals surface area contributed by atoms with Crippen molar-refractivity contribution >= 4 is 23.2 Å². The van der Waals surface area contributed by atoms with E-state index in [4.69, 9.17) is 9.47 Å². The number of nitrogens with one attached hydrogen (secondary N) is 1. The molecule has 0 saturated carbocycles. The van der Waals surface area contributed by atoms with E-state index in [-0.39, 0.29) is 18.0 Å². The number of dihydropyridines is 1. The summed E-state index contributed by atoms with van der Waals surface area (Å²) in [5.41, 5.74) is 5.04. The molecule has 2 saturated heterocycles. The quantitative estimate of drug-likeness (QED) is 0.405. The number of alkyl halides is 3. The summed E-state index contributed by atoms with van der Waals surface area (Å²) in [6.45, 7) is 8.80. The summed E-state index contributed by atoms with van der Waals surface area (Å²) in [6.07, 6.45) is -1.73. The van der Waals surface area contributed by atoms with Crippen LogP contribution in [0, 0.1) is 12.8 Å². The van der Waals surface area contributed by atoms with E-state index < -0.39 is 30.6 Å². The van der Waals surface area contributed by atoms with E-state index in [1.54, 1.807) is 26.0 Å². The van der Waals surface area contributed by atoms with Gasteiger partial charge in [0.15, 0.2) is 0 Å². The van der Waals surface area contributed by atoms with Crippen molar-refractivity contribution in [2.45, 2.75) is 52.4 Å². The number of hydrogen-bond acceptors (Lipinski definition) is 6. The van der Waals surface area contributed by atoms with Gasteiger partial charge in [0, 0.05) is 62.4 Å². The summed E-state index contributed by atoms with van der Waals surface area (Å²) in [5.74, 6) is -1.37. The molecule has 1 N–H and O–H groups in total. The van der Waals surface area contributed by atoms with Crippen LogP contribution < -0.4 is 10.2 Å². The fraction of sp³-hybridized carbons (Fsp3) is 0.500. The zero-order valence-corrected chi connectivity index (χ0v) is 26.1. The first kappa shape index (κ1) is 32.8. The minimum Gasteiger partial charge on any atom is -0.381 e. The Morgan fingerprint density at radius 2 is 1.67 bits per heavy atom. The van der Waals surface area contributed by atoms with Crippen LogP contribution in [0.3, 0.4) is 0 Å². The Hall–Kier alpha value is -3.54. The predicted molar refractivity (Wildman–Crippen MR) is 168 cm³/mol.